The van der Waals surface area contributed by atoms with Crippen molar-refractivity contribution in [3.63, 3.8) is 0 Å². The number of nitrogens with zero attached hydrogens (tertiary/aromatic N) is 1. The van der Waals surface area contributed by atoms with E-state index in [1.165, 1.54) is 32.5 Å². The van der Waals surface area contributed by atoms with Crippen molar-refractivity contribution in [3.8, 4) is 5.75 Å². The summed E-state index contributed by atoms with van der Waals surface area (Å²) in [6.45, 7) is 10.0. The summed E-state index contributed by atoms with van der Waals surface area (Å²) in [5, 5.41) is 13.3. The average molecular weight is 262 g/mol. The molecule has 106 valence electrons. The molecule has 1 heterocycles. The van der Waals surface area contributed by atoms with E-state index in [4.69, 9.17) is 0 Å². The molecular weight excluding hydrogens is 236 g/mol. The Morgan fingerprint density at radius 3 is 2.63 bits per heavy atom. The summed E-state index contributed by atoms with van der Waals surface area (Å²) in [5.41, 5.74) is 1.95. The lowest BCUT2D eigenvalue weighted by molar-refractivity contribution is 0.183. The third kappa shape index (κ3) is 3.63. The summed E-state index contributed by atoms with van der Waals surface area (Å²) in [6.07, 6.45) is 2.53. The minimum atomic E-state index is 0.373. The van der Waals surface area contributed by atoms with Gasteiger partial charge in [0.05, 0.1) is 0 Å². The van der Waals surface area contributed by atoms with Crippen LogP contribution in [0.3, 0.4) is 0 Å². The van der Waals surface area contributed by atoms with Crippen molar-refractivity contribution in [1.29, 1.82) is 0 Å². The van der Waals surface area contributed by atoms with E-state index in [9.17, 15) is 5.11 Å². The van der Waals surface area contributed by atoms with Gasteiger partial charge in [0.2, 0.25) is 0 Å². The van der Waals surface area contributed by atoms with Crippen molar-refractivity contribution in [2.24, 2.45) is 5.92 Å². The second-order valence-corrected chi connectivity index (χ2v) is 5.71. The molecule has 1 fully saturated rings. The van der Waals surface area contributed by atoms with Gasteiger partial charge in [-0.3, -0.25) is 0 Å². The highest BCUT2D eigenvalue weighted by Gasteiger charge is 2.23. The standard InChI is InChI=1S/C16H26N2O/c1-4-18-9-7-14(8-10-18)13(3)17-15-6-5-12(2)16(19)11-15/h5-6,11,13-14,17,19H,4,7-10H2,1-3H3. The zero-order valence-corrected chi connectivity index (χ0v) is 12.3. The summed E-state index contributed by atoms with van der Waals surface area (Å²) in [4.78, 5) is 2.51. The van der Waals surface area contributed by atoms with Crippen LogP contribution in [-0.4, -0.2) is 35.7 Å². The Bertz CT molecular complexity index is 411. The lowest BCUT2D eigenvalue weighted by Gasteiger charge is -2.34. The van der Waals surface area contributed by atoms with Crippen LogP contribution in [0.15, 0.2) is 18.2 Å². The van der Waals surface area contributed by atoms with E-state index in [-0.39, 0.29) is 0 Å². The summed E-state index contributed by atoms with van der Waals surface area (Å²) in [5.74, 6) is 1.10. The molecule has 1 atom stereocenters. The molecule has 0 spiro atoms. The normalized spacial score (nSPS) is 19.3. The van der Waals surface area contributed by atoms with E-state index in [1.54, 1.807) is 0 Å². The number of hydrogen-bond donors (Lipinski definition) is 2. The first-order valence-electron chi connectivity index (χ1n) is 7.38. The molecule has 2 rings (SSSR count). The highest BCUT2D eigenvalue weighted by Crippen LogP contribution is 2.25. The molecule has 1 aromatic carbocycles. The molecule has 0 radical (unpaired) electrons. The third-order valence-electron chi connectivity index (χ3n) is 4.39. The second kappa shape index (κ2) is 6.29. The molecular formula is C16H26N2O. The third-order valence-corrected chi connectivity index (χ3v) is 4.39. The molecule has 3 heteroatoms. The molecule has 1 saturated heterocycles. The van der Waals surface area contributed by atoms with Gasteiger partial charge in [0, 0.05) is 17.8 Å². The molecule has 0 bridgehead atoms. The van der Waals surface area contributed by atoms with Crippen molar-refractivity contribution in [2.45, 2.75) is 39.7 Å². The number of phenols is 1. The SMILES string of the molecule is CCN1CCC(C(C)Nc2ccc(C)c(O)c2)CC1. The molecule has 19 heavy (non-hydrogen) atoms. The largest absolute Gasteiger partial charge is 0.508 e. The number of aryl methyl sites for hydroxylation is 1. The topological polar surface area (TPSA) is 35.5 Å². The van der Waals surface area contributed by atoms with Gasteiger partial charge < -0.3 is 15.3 Å². The number of likely N-dealkylation sites (tertiary alicyclic amines) is 1. The molecule has 2 N–H and O–H groups in total. The Hall–Kier alpha value is -1.22. The first-order chi connectivity index (χ1) is 9.10. The number of piperidine rings is 1. The molecule has 1 aliphatic heterocycles. The number of rotatable bonds is 4. The van der Waals surface area contributed by atoms with E-state index in [0.717, 1.165) is 17.2 Å². The summed E-state index contributed by atoms with van der Waals surface area (Å²) in [6, 6.07) is 6.30. The average Bonchev–Trinajstić information content (AvgIpc) is 2.43. The number of nitrogens with one attached hydrogen (secondary N) is 1. The number of benzene rings is 1. The quantitative estimate of drug-likeness (QED) is 0.874. The molecule has 1 aromatic rings. The predicted octanol–water partition coefficient (Wildman–Crippen LogP) is 3.23. The van der Waals surface area contributed by atoms with E-state index in [0.29, 0.717) is 11.8 Å². The Kier molecular flexibility index (Phi) is 4.70. The zero-order valence-electron chi connectivity index (χ0n) is 12.3. The van der Waals surface area contributed by atoms with E-state index in [2.05, 4.69) is 24.1 Å². The van der Waals surface area contributed by atoms with Gasteiger partial charge in [-0.2, -0.15) is 0 Å². The van der Waals surface area contributed by atoms with Crippen molar-refractivity contribution in [3.05, 3.63) is 23.8 Å². The van der Waals surface area contributed by atoms with Crippen molar-refractivity contribution in [2.75, 3.05) is 25.0 Å². The molecule has 3 nitrogen and oxygen atoms in total. The Balaban J connectivity index is 1.90. The minimum Gasteiger partial charge on any atom is -0.508 e. The smallest absolute Gasteiger partial charge is 0.120 e. The van der Waals surface area contributed by atoms with Crippen LogP contribution in [0.5, 0.6) is 5.75 Å². The lowest BCUT2D eigenvalue weighted by atomic mass is 9.90. The number of aromatic hydroxyl groups is 1. The van der Waals surface area contributed by atoms with Gasteiger partial charge in [-0.05, 0) is 63.9 Å². The van der Waals surface area contributed by atoms with Gasteiger partial charge in [0.1, 0.15) is 5.75 Å². The summed E-state index contributed by atoms with van der Waals surface area (Å²) in [7, 11) is 0. The fraction of sp³-hybridized carbons (Fsp3) is 0.625. The molecule has 0 amide bonds. The summed E-state index contributed by atoms with van der Waals surface area (Å²) >= 11 is 0. The Labute approximate surface area is 116 Å². The Morgan fingerprint density at radius 1 is 1.37 bits per heavy atom. The predicted molar refractivity (Wildman–Crippen MR) is 80.8 cm³/mol. The highest BCUT2D eigenvalue weighted by molar-refractivity contribution is 5.51. The van der Waals surface area contributed by atoms with E-state index < -0.39 is 0 Å². The molecule has 1 aliphatic rings. The number of anilines is 1. The molecule has 0 aromatic heterocycles. The number of phenolic OH excluding ortho intramolecular Hbond substituents is 1. The van der Waals surface area contributed by atoms with Crippen LogP contribution < -0.4 is 5.32 Å². The Morgan fingerprint density at radius 2 is 2.05 bits per heavy atom. The van der Waals surface area contributed by atoms with Gasteiger partial charge in [0.15, 0.2) is 0 Å². The highest BCUT2D eigenvalue weighted by atomic mass is 16.3. The van der Waals surface area contributed by atoms with Crippen LogP contribution in [0, 0.1) is 12.8 Å². The maximum Gasteiger partial charge on any atom is 0.120 e. The van der Waals surface area contributed by atoms with Crippen LogP contribution >= 0.6 is 0 Å². The molecule has 0 saturated carbocycles. The lowest BCUT2D eigenvalue weighted by Crippen LogP contribution is -2.39. The molecule has 0 aliphatic carbocycles. The van der Waals surface area contributed by atoms with E-state index in [1.807, 2.05) is 25.1 Å². The fourth-order valence-electron chi connectivity index (χ4n) is 2.85. The maximum atomic E-state index is 9.74. The first-order valence-corrected chi connectivity index (χ1v) is 7.38. The van der Waals surface area contributed by atoms with E-state index >= 15 is 0 Å². The van der Waals surface area contributed by atoms with Crippen LogP contribution in [0.2, 0.25) is 0 Å². The van der Waals surface area contributed by atoms with Gasteiger partial charge in [-0.1, -0.05) is 13.0 Å². The van der Waals surface area contributed by atoms with Crippen molar-refractivity contribution >= 4 is 5.69 Å². The minimum absolute atomic E-state index is 0.373. The second-order valence-electron chi connectivity index (χ2n) is 5.71. The van der Waals surface area contributed by atoms with Crippen LogP contribution in [0.4, 0.5) is 5.69 Å². The number of hydrogen-bond acceptors (Lipinski definition) is 3. The van der Waals surface area contributed by atoms with Gasteiger partial charge in [-0.15, -0.1) is 0 Å². The fourth-order valence-corrected chi connectivity index (χ4v) is 2.85. The maximum absolute atomic E-state index is 9.74. The zero-order chi connectivity index (χ0) is 13.8. The van der Waals surface area contributed by atoms with Crippen LogP contribution in [0.25, 0.3) is 0 Å². The van der Waals surface area contributed by atoms with Gasteiger partial charge in [-0.25, -0.2) is 0 Å². The first kappa shape index (κ1) is 14.2. The van der Waals surface area contributed by atoms with Crippen molar-refractivity contribution in [1.82, 2.24) is 4.90 Å². The monoisotopic (exact) mass is 262 g/mol. The van der Waals surface area contributed by atoms with Crippen LogP contribution in [0.1, 0.15) is 32.3 Å². The molecule has 1 unspecified atom stereocenters. The van der Waals surface area contributed by atoms with Crippen molar-refractivity contribution < 1.29 is 5.11 Å². The van der Waals surface area contributed by atoms with Gasteiger partial charge >= 0.3 is 0 Å². The summed E-state index contributed by atoms with van der Waals surface area (Å²) < 4.78 is 0. The van der Waals surface area contributed by atoms with Gasteiger partial charge in [0.25, 0.3) is 0 Å². The van der Waals surface area contributed by atoms with Crippen LogP contribution in [-0.2, 0) is 0 Å².